The Bertz CT molecular complexity index is 208. The second-order valence-corrected chi connectivity index (χ2v) is 4.40. The molecule has 0 radical (unpaired) electrons. The lowest BCUT2D eigenvalue weighted by Gasteiger charge is -2.37. The van der Waals surface area contributed by atoms with E-state index in [0.717, 1.165) is 32.5 Å². The third-order valence-electron chi connectivity index (χ3n) is 3.11. The molecule has 1 aliphatic heterocycles. The van der Waals surface area contributed by atoms with Crippen LogP contribution >= 0.6 is 0 Å². The number of nitrogens with one attached hydrogen (secondary N) is 1. The fourth-order valence-corrected chi connectivity index (χ4v) is 2.18. The van der Waals surface area contributed by atoms with Crippen molar-refractivity contribution in [3.05, 3.63) is 0 Å². The van der Waals surface area contributed by atoms with Crippen LogP contribution in [0.3, 0.4) is 0 Å². The van der Waals surface area contributed by atoms with Gasteiger partial charge in [-0.05, 0) is 25.3 Å². The summed E-state index contributed by atoms with van der Waals surface area (Å²) in [6.07, 6.45) is 3.41. The van der Waals surface area contributed by atoms with E-state index < -0.39 is 0 Å². The largest absolute Gasteiger partial charge is 0.351 e. The quantitative estimate of drug-likeness (QED) is 0.736. The molecule has 0 aromatic heterocycles. The van der Waals surface area contributed by atoms with Crippen molar-refractivity contribution in [2.75, 3.05) is 19.6 Å². The number of piperidine rings is 1. The van der Waals surface area contributed by atoms with Crippen LogP contribution in [0.5, 0.6) is 0 Å². The molecule has 2 atom stereocenters. The summed E-state index contributed by atoms with van der Waals surface area (Å²) in [6.45, 7) is 6.95. The van der Waals surface area contributed by atoms with E-state index in [4.69, 9.17) is 5.73 Å². The molecule has 1 rings (SSSR count). The van der Waals surface area contributed by atoms with Crippen molar-refractivity contribution >= 4 is 6.03 Å². The number of hydrogen-bond donors (Lipinski definition) is 2. The molecule has 1 aliphatic rings. The van der Waals surface area contributed by atoms with Gasteiger partial charge in [0.15, 0.2) is 0 Å². The van der Waals surface area contributed by atoms with Gasteiger partial charge < -0.3 is 16.0 Å². The van der Waals surface area contributed by atoms with Crippen molar-refractivity contribution < 1.29 is 4.79 Å². The van der Waals surface area contributed by atoms with Crippen molar-refractivity contribution in [3.8, 4) is 0 Å². The highest BCUT2D eigenvalue weighted by molar-refractivity contribution is 5.72. The Morgan fingerprint density at radius 1 is 1.47 bits per heavy atom. The monoisotopic (exact) mass is 213 g/mol. The van der Waals surface area contributed by atoms with Crippen molar-refractivity contribution in [1.29, 1.82) is 0 Å². The van der Waals surface area contributed by atoms with Gasteiger partial charge in [0.1, 0.15) is 0 Å². The molecule has 15 heavy (non-hydrogen) atoms. The van der Waals surface area contributed by atoms with Gasteiger partial charge in [0.2, 0.25) is 0 Å². The maximum atomic E-state index is 11.2. The second-order valence-electron chi connectivity index (χ2n) is 4.40. The number of rotatable bonds is 4. The summed E-state index contributed by atoms with van der Waals surface area (Å²) >= 11 is 0. The van der Waals surface area contributed by atoms with Crippen LogP contribution in [0.4, 0.5) is 4.79 Å². The Labute approximate surface area is 92.2 Å². The van der Waals surface area contributed by atoms with Crippen LogP contribution in [0.1, 0.15) is 33.1 Å². The van der Waals surface area contributed by atoms with E-state index >= 15 is 0 Å². The predicted molar refractivity (Wildman–Crippen MR) is 61.6 cm³/mol. The highest BCUT2D eigenvalue weighted by Gasteiger charge is 2.27. The van der Waals surface area contributed by atoms with Gasteiger partial charge in [0.05, 0.1) is 0 Å². The van der Waals surface area contributed by atoms with Crippen LogP contribution in [0.25, 0.3) is 0 Å². The smallest absolute Gasteiger partial charge is 0.314 e. The first-order chi connectivity index (χ1) is 7.17. The predicted octanol–water partition coefficient (Wildman–Crippen LogP) is 1.17. The van der Waals surface area contributed by atoms with Crippen molar-refractivity contribution in [3.63, 3.8) is 0 Å². The molecule has 1 fully saturated rings. The van der Waals surface area contributed by atoms with E-state index in [-0.39, 0.29) is 6.03 Å². The topological polar surface area (TPSA) is 58.4 Å². The number of amides is 2. The fraction of sp³-hybridized carbons (Fsp3) is 0.909. The van der Waals surface area contributed by atoms with E-state index in [0.29, 0.717) is 12.0 Å². The van der Waals surface area contributed by atoms with Crippen molar-refractivity contribution in [2.45, 2.75) is 39.2 Å². The molecule has 3 N–H and O–H groups in total. The Morgan fingerprint density at radius 2 is 2.20 bits per heavy atom. The SMILES string of the molecule is CCCNC1CC(CC)CN(C(N)=O)C1. The van der Waals surface area contributed by atoms with Gasteiger partial charge in [-0.1, -0.05) is 20.3 Å². The van der Waals surface area contributed by atoms with Crippen LogP contribution < -0.4 is 11.1 Å². The maximum absolute atomic E-state index is 11.2. The highest BCUT2D eigenvalue weighted by atomic mass is 16.2. The molecule has 1 heterocycles. The summed E-state index contributed by atoms with van der Waals surface area (Å²) in [5.74, 6) is 0.598. The Kier molecular flexibility index (Phi) is 4.88. The van der Waals surface area contributed by atoms with E-state index in [2.05, 4.69) is 19.2 Å². The van der Waals surface area contributed by atoms with Gasteiger partial charge in [-0.3, -0.25) is 0 Å². The molecule has 2 amide bonds. The molecule has 1 saturated heterocycles. The van der Waals surface area contributed by atoms with Gasteiger partial charge in [0, 0.05) is 19.1 Å². The second kappa shape index (κ2) is 5.95. The number of nitrogens with zero attached hydrogens (tertiary/aromatic N) is 1. The van der Waals surface area contributed by atoms with E-state index in [1.165, 1.54) is 6.42 Å². The molecular formula is C11H23N3O. The zero-order valence-electron chi connectivity index (χ0n) is 9.83. The molecule has 0 saturated carbocycles. The molecule has 2 unspecified atom stereocenters. The molecule has 88 valence electrons. The fourth-order valence-electron chi connectivity index (χ4n) is 2.18. The van der Waals surface area contributed by atoms with Gasteiger partial charge in [-0.15, -0.1) is 0 Å². The number of primary amides is 1. The summed E-state index contributed by atoms with van der Waals surface area (Å²) < 4.78 is 0. The minimum atomic E-state index is -0.281. The molecule has 4 heteroatoms. The minimum absolute atomic E-state index is 0.281. The van der Waals surface area contributed by atoms with E-state index in [1.54, 1.807) is 4.90 Å². The average Bonchev–Trinajstić information content (AvgIpc) is 2.25. The number of hydrogen-bond acceptors (Lipinski definition) is 2. The highest BCUT2D eigenvalue weighted by Crippen LogP contribution is 2.19. The van der Waals surface area contributed by atoms with Gasteiger partial charge in [0.25, 0.3) is 0 Å². The van der Waals surface area contributed by atoms with Crippen LogP contribution in [-0.4, -0.2) is 36.6 Å². The standard InChI is InChI=1S/C11H23N3O/c1-3-5-13-10-6-9(4-2)7-14(8-10)11(12)15/h9-10,13H,3-8H2,1-2H3,(H2,12,15). The van der Waals surface area contributed by atoms with Crippen molar-refractivity contribution in [2.24, 2.45) is 11.7 Å². The lowest BCUT2D eigenvalue weighted by atomic mass is 9.92. The number of likely N-dealkylation sites (tertiary alicyclic amines) is 1. The molecule has 0 bridgehead atoms. The summed E-state index contributed by atoms with van der Waals surface area (Å²) in [5, 5.41) is 3.47. The number of urea groups is 1. The zero-order valence-corrected chi connectivity index (χ0v) is 9.83. The molecule has 0 aromatic carbocycles. The van der Waals surface area contributed by atoms with Crippen LogP contribution in [0, 0.1) is 5.92 Å². The van der Waals surface area contributed by atoms with Crippen LogP contribution in [0.2, 0.25) is 0 Å². The summed E-state index contributed by atoms with van der Waals surface area (Å²) in [4.78, 5) is 12.9. The van der Waals surface area contributed by atoms with Gasteiger partial charge >= 0.3 is 6.03 Å². The van der Waals surface area contributed by atoms with E-state index in [9.17, 15) is 4.79 Å². The minimum Gasteiger partial charge on any atom is -0.351 e. The zero-order chi connectivity index (χ0) is 11.3. The van der Waals surface area contributed by atoms with E-state index in [1.807, 2.05) is 0 Å². The Morgan fingerprint density at radius 3 is 2.73 bits per heavy atom. The molecular weight excluding hydrogens is 190 g/mol. The first kappa shape index (κ1) is 12.3. The molecule has 0 aromatic rings. The average molecular weight is 213 g/mol. The van der Waals surface area contributed by atoms with Crippen molar-refractivity contribution in [1.82, 2.24) is 10.2 Å². The molecule has 0 spiro atoms. The van der Waals surface area contributed by atoms with Gasteiger partial charge in [-0.2, -0.15) is 0 Å². The summed E-state index contributed by atoms with van der Waals surface area (Å²) in [6, 6.07) is 0.146. The first-order valence-electron chi connectivity index (χ1n) is 5.95. The third kappa shape index (κ3) is 3.70. The number of carbonyl (C=O) groups is 1. The third-order valence-corrected chi connectivity index (χ3v) is 3.11. The summed E-state index contributed by atoms with van der Waals surface area (Å²) in [5.41, 5.74) is 5.33. The van der Waals surface area contributed by atoms with Crippen LogP contribution in [-0.2, 0) is 0 Å². The maximum Gasteiger partial charge on any atom is 0.314 e. The lowest BCUT2D eigenvalue weighted by Crippen LogP contribution is -2.52. The van der Waals surface area contributed by atoms with Crippen LogP contribution in [0.15, 0.2) is 0 Å². The number of nitrogens with two attached hydrogens (primary N) is 1. The lowest BCUT2D eigenvalue weighted by molar-refractivity contribution is 0.151. The number of carbonyl (C=O) groups excluding carboxylic acids is 1. The molecule has 4 nitrogen and oxygen atoms in total. The first-order valence-corrected chi connectivity index (χ1v) is 5.95. The molecule has 0 aliphatic carbocycles. The van der Waals surface area contributed by atoms with Gasteiger partial charge in [-0.25, -0.2) is 4.79 Å². The Hall–Kier alpha value is -0.770. The normalized spacial score (nSPS) is 26.7. The summed E-state index contributed by atoms with van der Waals surface area (Å²) in [7, 11) is 0. The Balaban J connectivity index is 2.47.